The Kier molecular flexibility index (Phi) is 3.58. The molecule has 17 heavy (non-hydrogen) atoms. The van der Waals surface area contributed by atoms with Gasteiger partial charge in [0.2, 0.25) is 0 Å². The highest BCUT2D eigenvalue weighted by molar-refractivity contribution is 5.87. The monoisotopic (exact) mass is 240 g/mol. The summed E-state index contributed by atoms with van der Waals surface area (Å²) in [5.74, 6) is -1.74. The lowest BCUT2D eigenvalue weighted by molar-refractivity contribution is 0.00586. The van der Waals surface area contributed by atoms with E-state index in [1.165, 1.54) is 12.1 Å². The van der Waals surface area contributed by atoms with Gasteiger partial charge in [0.1, 0.15) is 6.10 Å². The van der Waals surface area contributed by atoms with E-state index in [1.54, 1.807) is 0 Å². The molecule has 92 valence electrons. The van der Waals surface area contributed by atoms with Crippen LogP contribution in [0.15, 0.2) is 18.2 Å². The molecular formula is C12H13FO4. The van der Waals surface area contributed by atoms with E-state index in [-0.39, 0.29) is 17.4 Å². The Morgan fingerprint density at radius 3 is 2.94 bits per heavy atom. The summed E-state index contributed by atoms with van der Waals surface area (Å²) in [6.07, 6.45) is 1.55. The number of aromatic carboxylic acids is 1. The zero-order valence-electron chi connectivity index (χ0n) is 9.19. The molecule has 0 radical (unpaired) electrons. The predicted octanol–water partition coefficient (Wildman–Crippen LogP) is 2.08. The van der Waals surface area contributed by atoms with Crippen molar-refractivity contribution >= 4 is 5.97 Å². The second kappa shape index (κ2) is 5.14. The smallest absolute Gasteiger partial charge is 0.335 e. The average molecular weight is 240 g/mol. The van der Waals surface area contributed by atoms with Gasteiger partial charge in [-0.3, -0.25) is 0 Å². The van der Waals surface area contributed by atoms with Gasteiger partial charge in [0.25, 0.3) is 0 Å². The Morgan fingerprint density at radius 2 is 2.35 bits per heavy atom. The molecule has 0 amide bonds. The van der Waals surface area contributed by atoms with Crippen molar-refractivity contribution in [1.29, 1.82) is 0 Å². The van der Waals surface area contributed by atoms with Crippen LogP contribution in [0, 0.1) is 5.82 Å². The third-order valence-corrected chi connectivity index (χ3v) is 2.59. The van der Waals surface area contributed by atoms with Crippen molar-refractivity contribution < 1.29 is 23.8 Å². The molecule has 4 nitrogen and oxygen atoms in total. The summed E-state index contributed by atoms with van der Waals surface area (Å²) >= 11 is 0. The maximum Gasteiger partial charge on any atom is 0.335 e. The predicted molar refractivity (Wildman–Crippen MR) is 57.8 cm³/mol. The van der Waals surface area contributed by atoms with Crippen molar-refractivity contribution in [2.24, 2.45) is 0 Å². The zero-order chi connectivity index (χ0) is 12.3. The number of halogens is 1. The lowest BCUT2D eigenvalue weighted by atomic mass is 10.1. The lowest BCUT2D eigenvalue weighted by Gasteiger charge is -2.23. The molecule has 5 heteroatoms. The van der Waals surface area contributed by atoms with E-state index in [1.807, 2.05) is 0 Å². The Balaban J connectivity index is 2.08. The van der Waals surface area contributed by atoms with Crippen LogP contribution in [0.4, 0.5) is 4.39 Å². The average Bonchev–Trinajstić information content (AvgIpc) is 2.33. The van der Waals surface area contributed by atoms with Crippen LogP contribution < -0.4 is 4.74 Å². The summed E-state index contributed by atoms with van der Waals surface area (Å²) in [4.78, 5) is 10.6. The normalized spacial score (nSPS) is 19.9. The van der Waals surface area contributed by atoms with E-state index in [0.29, 0.717) is 13.2 Å². The van der Waals surface area contributed by atoms with E-state index in [2.05, 4.69) is 0 Å². The number of hydrogen-bond donors (Lipinski definition) is 1. The van der Waals surface area contributed by atoms with Crippen LogP contribution in [-0.4, -0.2) is 30.4 Å². The van der Waals surface area contributed by atoms with Gasteiger partial charge in [-0.05, 0) is 31.0 Å². The van der Waals surface area contributed by atoms with Crippen LogP contribution in [0.2, 0.25) is 0 Å². The van der Waals surface area contributed by atoms with Crippen molar-refractivity contribution in [3.05, 3.63) is 29.6 Å². The molecular weight excluding hydrogens is 227 g/mol. The summed E-state index contributed by atoms with van der Waals surface area (Å²) in [5, 5.41) is 8.69. The summed E-state index contributed by atoms with van der Waals surface area (Å²) in [6.45, 7) is 1.15. The van der Waals surface area contributed by atoms with Crippen LogP contribution in [0.5, 0.6) is 5.75 Å². The molecule has 1 heterocycles. The number of carboxylic acid groups (broad SMARTS) is 1. The van der Waals surface area contributed by atoms with E-state index in [9.17, 15) is 9.18 Å². The summed E-state index contributed by atoms with van der Waals surface area (Å²) in [7, 11) is 0. The number of benzene rings is 1. The lowest BCUT2D eigenvalue weighted by Crippen LogP contribution is -2.28. The van der Waals surface area contributed by atoms with Crippen LogP contribution in [0.1, 0.15) is 23.2 Å². The molecule has 0 aliphatic carbocycles. The third-order valence-electron chi connectivity index (χ3n) is 2.59. The van der Waals surface area contributed by atoms with Crippen LogP contribution in [-0.2, 0) is 4.74 Å². The Bertz CT molecular complexity index is 413. The van der Waals surface area contributed by atoms with Gasteiger partial charge < -0.3 is 14.6 Å². The van der Waals surface area contributed by atoms with E-state index >= 15 is 0 Å². The van der Waals surface area contributed by atoms with Gasteiger partial charge in [0, 0.05) is 6.61 Å². The highest BCUT2D eigenvalue weighted by Crippen LogP contribution is 2.22. The van der Waals surface area contributed by atoms with Gasteiger partial charge in [-0.25, -0.2) is 9.18 Å². The number of carboxylic acids is 1. The maximum absolute atomic E-state index is 13.5. The Morgan fingerprint density at radius 1 is 1.53 bits per heavy atom. The van der Waals surface area contributed by atoms with E-state index < -0.39 is 11.8 Å². The molecule has 1 N–H and O–H groups in total. The van der Waals surface area contributed by atoms with Crippen LogP contribution in [0.25, 0.3) is 0 Å². The second-order valence-corrected chi connectivity index (χ2v) is 3.91. The third kappa shape index (κ3) is 2.94. The molecule has 1 aromatic rings. The van der Waals surface area contributed by atoms with Crippen molar-refractivity contribution in [2.75, 3.05) is 13.2 Å². The number of hydrogen-bond acceptors (Lipinski definition) is 3. The van der Waals surface area contributed by atoms with Gasteiger partial charge in [0.15, 0.2) is 11.6 Å². The molecule has 1 unspecified atom stereocenters. The molecule has 0 bridgehead atoms. The maximum atomic E-state index is 13.5. The molecule has 1 atom stereocenters. The fourth-order valence-electron chi connectivity index (χ4n) is 1.71. The molecule has 1 aromatic carbocycles. The summed E-state index contributed by atoms with van der Waals surface area (Å²) in [6, 6.07) is 3.62. The van der Waals surface area contributed by atoms with Crippen LogP contribution >= 0.6 is 0 Å². The Hall–Kier alpha value is -1.62. The molecule has 0 saturated carbocycles. The van der Waals surface area contributed by atoms with Gasteiger partial charge in [-0.1, -0.05) is 0 Å². The number of rotatable bonds is 3. The SMILES string of the molecule is O=C(O)c1ccc(OC2CCCOC2)c(F)c1. The molecule has 1 aliphatic rings. The minimum absolute atomic E-state index is 0.0745. The molecule has 0 spiro atoms. The van der Waals surface area contributed by atoms with Gasteiger partial charge >= 0.3 is 5.97 Å². The van der Waals surface area contributed by atoms with Gasteiger partial charge in [0.05, 0.1) is 12.2 Å². The second-order valence-electron chi connectivity index (χ2n) is 3.91. The topological polar surface area (TPSA) is 55.8 Å². The fourth-order valence-corrected chi connectivity index (χ4v) is 1.71. The van der Waals surface area contributed by atoms with Crippen molar-refractivity contribution in [3.63, 3.8) is 0 Å². The first-order chi connectivity index (χ1) is 8.16. The standard InChI is InChI=1S/C12H13FO4/c13-10-6-8(12(14)15)3-4-11(10)17-9-2-1-5-16-7-9/h3-4,6,9H,1-2,5,7H2,(H,14,15). The highest BCUT2D eigenvalue weighted by atomic mass is 19.1. The van der Waals surface area contributed by atoms with Crippen molar-refractivity contribution in [3.8, 4) is 5.75 Å². The minimum atomic E-state index is -1.16. The number of ether oxygens (including phenoxy) is 2. The van der Waals surface area contributed by atoms with Crippen LogP contribution in [0.3, 0.4) is 0 Å². The minimum Gasteiger partial charge on any atom is -0.485 e. The van der Waals surface area contributed by atoms with E-state index in [0.717, 1.165) is 18.9 Å². The highest BCUT2D eigenvalue weighted by Gasteiger charge is 2.17. The first kappa shape index (κ1) is 11.9. The van der Waals surface area contributed by atoms with Crippen molar-refractivity contribution in [2.45, 2.75) is 18.9 Å². The number of carbonyl (C=O) groups is 1. The molecule has 0 aromatic heterocycles. The quantitative estimate of drug-likeness (QED) is 0.878. The Labute approximate surface area is 98.0 Å². The molecule has 1 aliphatic heterocycles. The van der Waals surface area contributed by atoms with Gasteiger partial charge in [-0.15, -0.1) is 0 Å². The molecule has 1 fully saturated rings. The largest absolute Gasteiger partial charge is 0.485 e. The summed E-state index contributed by atoms with van der Waals surface area (Å²) in [5.41, 5.74) is -0.0882. The first-order valence-corrected chi connectivity index (χ1v) is 5.44. The van der Waals surface area contributed by atoms with E-state index in [4.69, 9.17) is 14.6 Å². The molecule has 2 rings (SSSR count). The fraction of sp³-hybridized carbons (Fsp3) is 0.417. The summed E-state index contributed by atoms with van der Waals surface area (Å²) < 4.78 is 24.2. The van der Waals surface area contributed by atoms with Gasteiger partial charge in [-0.2, -0.15) is 0 Å². The molecule has 1 saturated heterocycles. The van der Waals surface area contributed by atoms with Crippen molar-refractivity contribution in [1.82, 2.24) is 0 Å². The zero-order valence-corrected chi connectivity index (χ0v) is 9.19. The first-order valence-electron chi connectivity index (χ1n) is 5.44.